The molecule has 4 rings (SSSR count). The summed E-state index contributed by atoms with van der Waals surface area (Å²) in [5.74, 6) is -0.184. The minimum Gasteiger partial charge on any atom is -0.493 e. The number of amides is 2. The molecule has 1 aromatic carbocycles. The summed E-state index contributed by atoms with van der Waals surface area (Å²) in [6, 6.07) is 3.36. The third-order valence-electron chi connectivity index (χ3n) is 9.00. The van der Waals surface area contributed by atoms with Crippen molar-refractivity contribution in [3.8, 4) is 17.2 Å². The van der Waals surface area contributed by atoms with Crippen molar-refractivity contribution in [2.24, 2.45) is 5.92 Å². The van der Waals surface area contributed by atoms with Crippen LogP contribution in [0.15, 0.2) is 12.1 Å². The summed E-state index contributed by atoms with van der Waals surface area (Å²) in [7, 11) is 5.66. The van der Waals surface area contributed by atoms with E-state index in [9.17, 15) is 19.5 Å². The number of likely N-dealkylation sites (tertiary alicyclic amines) is 2. The van der Waals surface area contributed by atoms with E-state index in [4.69, 9.17) is 14.2 Å². The van der Waals surface area contributed by atoms with Crippen molar-refractivity contribution in [1.82, 2.24) is 19.6 Å². The van der Waals surface area contributed by atoms with E-state index < -0.39 is 11.9 Å². The average molecular weight is 603 g/mol. The van der Waals surface area contributed by atoms with Gasteiger partial charge >= 0.3 is 5.97 Å². The first-order valence-electron chi connectivity index (χ1n) is 15.9. The average Bonchev–Trinajstić information content (AvgIpc) is 3.71. The van der Waals surface area contributed by atoms with Gasteiger partial charge in [0.2, 0.25) is 24.4 Å². The Hall–Kier alpha value is -3.05. The molecule has 2 amide bonds. The first-order chi connectivity index (χ1) is 20.7. The van der Waals surface area contributed by atoms with E-state index >= 15 is 0 Å². The number of fused-ring (bicyclic) bond motifs is 1. The number of methoxy groups -OCH3 is 1. The molecule has 1 N–H and O–H groups in total. The van der Waals surface area contributed by atoms with Gasteiger partial charge in [0.15, 0.2) is 11.5 Å². The van der Waals surface area contributed by atoms with E-state index in [2.05, 4.69) is 30.8 Å². The molecule has 2 fully saturated rings. The number of hydrogen-bond donors (Lipinski definition) is 1. The van der Waals surface area contributed by atoms with Crippen LogP contribution in [0.4, 0.5) is 0 Å². The van der Waals surface area contributed by atoms with Crippen LogP contribution < -0.4 is 14.2 Å². The van der Waals surface area contributed by atoms with E-state index in [-0.39, 0.29) is 37.1 Å². The lowest BCUT2D eigenvalue weighted by atomic mass is 9.83. The Morgan fingerprint density at radius 1 is 1.09 bits per heavy atom. The number of carboxylic acid groups (broad SMARTS) is 1. The highest BCUT2D eigenvalue weighted by molar-refractivity contribution is 5.79. The van der Waals surface area contributed by atoms with Gasteiger partial charge in [-0.3, -0.25) is 19.3 Å². The maximum Gasteiger partial charge on any atom is 0.308 e. The normalized spacial score (nSPS) is 21.7. The van der Waals surface area contributed by atoms with Crippen LogP contribution in [-0.2, 0) is 14.4 Å². The van der Waals surface area contributed by atoms with Gasteiger partial charge in [-0.15, -0.1) is 0 Å². The standard InChI is InChI=1S/C32H50N4O7/c1-5-6-14-35(15-8-7-13-33(2)3)29(38)21-36-20-24(23-18-26(41-4)31-27(19-23)42-22-43-31)30(32(39)40)25(36)11-9-16-34-17-10-12-28(34)37/h18-19,24-25,30H,5-17,20-22H2,1-4H3,(H,39,40)/t24-,25+,30-/m1/s1. The number of carbonyl (C=O) groups is 3. The highest BCUT2D eigenvalue weighted by Gasteiger charge is 2.47. The fourth-order valence-corrected chi connectivity index (χ4v) is 6.70. The molecule has 2 saturated heterocycles. The lowest BCUT2D eigenvalue weighted by Crippen LogP contribution is -2.45. The summed E-state index contributed by atoms with van der Waals surface area (Å²) in [6.07, 6.45) is 6.60. The van der Waals surface area contributed by atoms with Gasteiger partial charge in [-0.25, -0.2) is 0 Å². The van der Waals surface area contributed by atoms with E-state index in [0.29, 0.717) is 62.7 Å². The third-order valence-corrected chi connectivity index (χ3v) is 9.00. The van der Waals surface area contributed by atoms with Crippen LogP contribution in [0.5, 0.6) is 17.2 Å². The smallest absolute Gasteiger partial charge is 0.308 e. The van der Waals surface area contributed by atoms with Gasteiger partial charge in [-0.1, -0.05) is 13.3 Å². The van der Waals surface area contributed by atoms with Crippen molar-refractivity contribution in [2.75, 3.05) is 73.8 Å². The molecule has 11 nitrogen and oxygen atoms in total. The molecule has 0 bridgehead atoms. The molecule has 0 unspecified atom stereocenters. The Kier molecular flexibility index (Phi) is 11.9. The summed E-state index contributed by atoms with van der Waals surface area (Å²) in [5.41, 5.74) is 0.801. The molecular formula is C32H50N4O7. The number of unbranched alkanes of at least 4 members (excludes halogenated alkanes) is 2. The highest BCUT2D eigenvalue weighted by Crippen LogP contribution is 2.47. The summed E-state index contributed by atoms with van der Waals surface area (Å²) >= 11 is 0. The number of aliphatic carboxylic acids is 1. The predicted molar refractivity (Wildman–Crippen MR) is 163 cm³/mol. The zero-order valence-corrected chi connectivity index (χ0v) is 26.4. The molecule has 0 radical (unpaired) electrons. The minimum absolute atomic E-state index is 0.0473. The number of ether oxygens (including phenoxy) is 3. The van der Waals surface area contributed by atoms with Crippen LogP contribution in [0, 0.1) is 5.92 Å². The monoisotopic (exact) mass is 602 g/mol. The largest absolute Gasteiger partial charge is 0.493 e. The van der Waals surface area contributed by atoms with Crippen LogP contribution in [0.3, 0.4) is 0 Å². The summed E-state index contributed by atoms with van der Waals surface area (Å²) in [6.45, 7) is 6.57. The summed E-state index contributed by atoms with van der Waals surface area (Å²) in [5, 5.41) is 10.6. The van der Waals surface area contributed by atoms with E-state index in [1.54, 1.807) is 7.11 Å². The Bertz CT molecular complexity index is 1110. The quantitative estimate of drug-likeness (QED) is 0.269. The Labute approximate surface area is 256 Å². The van der Waals surface area contributed by atoms with Gasteiger partial charge in [0.05, 0.1) is 19.6 Å². The highest BCUT2D eigenvalue weighted by atomic mass is 16.7. The lowest BCUT2D eigenvalue weighted by molar-refractivity contribution is -0.144. The van der Waals surface area contributed by atoms with Gasteiger partial charge in [-0.2, -0.15) is 0 Å². The Balaban J connectivity index is 1.55. The van der Waals surface area contributed by atoms with Crippen LogP contribution in [0.2, 0.25) is 0 Å². The SMILES string of the molecule is CCCCN(CCCCN(C)C)C(=O)CN1C[C@H](c2cc(OC)c3c(c2)OCO3)[C@@H](C(=O)O)[C@@H]1CCCN1CCCC1=O. The van der Waals surface area contributed by atoms with E-state index in [1.807, 2.05) is 21.9 Å². The van der Waals surface area contributed by atoms with Gasteiger partial charge < -0.3 is 34.0 Å². The second-order valence-electron chi connectivity index (χ2n) is 12.3. The molecule has 43 heavy (non-hydrogen) atoms. The molecule has 11 heteroatoms. The molecule has 3 heterocycles. The maximum absolute atomic E-state index is 13.8. The van der Waals surface area contributed by atoms with Crippen molar-refractivity contribution < 1.29 is 33.7 Å². The van der Waals surface area contributed by atoms with Gasteiger partial charge in [0.1, 0.15) is 0 Å². The fourth-order valence-electron chi connectivity index (χ4n) is 6.70. The molecule has 3 aliphatic rings. The molecule has 0 spiro atoms. The molecule has 240 valence electrons. The molecule has 1 aromatic rings. The molecule has 0 saturated carbocycles. The van der Waals surface area contributed by atoms with Crippen molar-refractivity contribution in [1.29, 1.82) is 0 Å². The van der Waals surface area contributed by atoms with Crippen molar-refractivity contribution in [3.05, 3.63) is 17.7 Å². The number of carboxylic acids is 1. The van der Waals surface area contributed by atoms with E-state index in [0.717, 1.165) is 50.8 Å². The van der Waals surface area contributed by atoms with Gasteiger partial charge in [0.25, 0.3) is 0 Å². The molecule has 3 aliphatic heterocycles. The summed E-state index contributed by atoms with van der Waals surface area (Å²) < 4.78 is 16.8. The van der Waals surface area contributed by atoms with Gasteiger partial charge in [-0.05, 0) is 76.9 Å². The van der Waals surface area contributed by atoms with Crippen LogP contribution >= 0.6 is 0 Å². The van der Waals surface area contributed by atoms with E-state index in [1.165, 1.54) is 0 Å². The summed E-state index contributed by atoms with van der Waals surface area (Å²) in [4.78, 5) is 47.0. The number of rotatable bonds is 17. The lowest BCUT2D eigenvalue weighted by Gasteiger charge is -2.30. The van der Waals surface area contributed by atoms with Crippen LogP contribution in [0.25, 0.3) is 0 Å². The molecular weight excluding hydrogens is 552 g/mol. The van der Waals surface area contributed by atoms with Gasteiger partial charge in [0, 0.05) is 51.1 Å². The Morgan fingerprint density at radius 2 is 1.86 bits per heavy atom. The molecule has 3 atom stereocenters. The fraction of sp³-hybridized carbons (Fsp3) is 0.719. The first kappa shape index (κ1) is 32.9. The second kappa shape index (κ2) is 15.6. The predicted octanol–water partition coefficient (Wildman–Crippen LogP) is 3.27. The topological polar surface area (TPSA) is 112 Å². The number of carbonyl (C=O) groups excluding carboxylic acids is 2. The zero-order chi connectivity index (χ0) is 30.9. The van der Waals surface area contributed by atoms with Crippen LogP contribution in [-0.4, -0.2) is 122 Å². The molecule has 0 aliphatic carbocycles. The molecule has 0 aromatic heterocycles. The number of nitrogens with zero attached hydrogens (tertiary/aromatic N) is 4. The van der Waals surface area contributed by atoms with Crippen molar-refractivity contribution >= 4 is 17.8 Å². The minimum atomic E-state index is -0.884. The Morgan fingerprint density at radius 3 is 2.53 bits per heavy atom. The zero-order valence-electron chi connectivity index (χ0n) is 26.4. The van der Waals surface area contributed by atoms with Crippen molar-refractivity contribution in [2.45, 2.75) is 70.3 Å². The second-order valence-corrected chi connectivity index (χ2v) is 12.3. The van der Waals surface area contributed by atoms with Crippen LogP contribution in [0.1, 0.15) is 69.8 Å². The van der Waals surface area contributed by atoms with Crippen molar-refractivity contribution in [3.63, 3.8) is 0 Å². The first-order valence-corrected chi connectivity index (χ1v) is 15.9. The number of hydrogen-bond acceptors (Lipinski definition) is 8. The maximum atomic E-state index is 13.8. The third kappa shape index (κ3) is 8.32. The number of benzene rings is 1.